The van der Waals surface area contributed by atoms with Gasteiger partial charge in [-0.15, -0.1) is 0 Å². The van der Waals surface area contributed by atoms with E-state index < -0.39 is 0 Å². The smallest absolute Gasteiger partial charge is 0.268 e. The predicted octanol–water partition coefficient (Wildman–Crippen LogP) is 5.76. The van der Waals surface area contributed by atoms with Crippen LogP contribution in [0.5, 0.6) is 0 Å². The van der Waals surface area contributed by atoms with Gasteiger partial charge in [0.15, 0.2) is 5.65 Å². The number of aromatic amines is 2. The van der Waals surface area contributed by atoms with Crippen molar-refractivity contribution < 1.29 is 4.79 Å². The molecule has 1 amide bonds. The summed E-state index contributed by atoms with van der Waals surface area (Å²) in [7, 11) is 0. The van der Waals surface area contributed by atoms with E-state index in [1.165, 1.54) is 0 Å². The third-order valence-corrected chi connectivity index (χ3v) is 5.70. The number of pyridine rings is 1. The first-order valence-electron chi connectivity index (χ1n) is 10.2. The van der Waals surface area contributed by atoms with Crippen LogP contribution in [0.15, 0.2) is 79.1 Å². The maximum atomic E-state index is 12.8. The molecule has 3 heterocycles. The van der Waals surface area contributed by atoms with Gasteiger partial charge in [0.2, 0.25) is 0 Å². The minimum absolute atomic E-state index is 0.155. The minimum atomic E-state index is -0.189. The monoisotopic (exact) mass is 441 g/mol. The molecule has 3 N–H and O–H groups in total. The SMILES string of the molecule is CC(NC(=O)c1cc(-c2[nH]nc3ncc(-c4ccccc4)cc23)c[nH]1)c1ccc(Cl)cc1. The Morgan fingerprint density at radius 1 is 1.00 bits per heavy atom. The van der Waals surface area contributed by atoms with Gasteiger partial charge in [0, 0.05) is 33.9 Å². The zero-order chi connectivity index (χ0) is 22.1. The average Bonchev–Trinajstić information content (AvgIpc) is 3.47. The van der Waals surface area contributed by atoms with Gasteiger partial charge in [-0.25, -0.2) is 4.98 Å². The van der Waals surface area contributed by atoms with Crippen molar-refractivity contribution in [2.75, 3.05) is 0 Å². The van der Waals surface area contributed by atoms with E-state index in [1.807, 2.05) is 73.8 Å². The Labute approximate surface area is 189 Å². The van der Waals surface area contributed by atoms with Crippen LogP contribution >= 0.6 is 11.6 Å². The molecule has 1 unspecified atom stereocenters. The topological polar surface area (TPSA) is 86.5 Å². The fourth-order valence-corrected chi connectivity index (χ4v) is 3.81. The first-order chi connectivity index (χ1) is 15.6. The Kier molecular flexibility index (Phi) is 5.21. The Hall–Kier alpha value is -3.90. The van der Waals surface area contributed by atoms with Crippen LogP contribution in [0.1, 0.15) is 29.0 Å². The quantitative estimate of drug-likeness (QED) is 0.324. The van der Waals surface area contributed by atoms with Crippen LogP contribution < -0.4 is 5.32 Å². The van der Waals surface area contributed by atoms with Crippen LogP contribution in [0, 0.1) is 0 Å². The Balaban J connectivity index is 1.40. The van der Waals surface area contributed by atoms with Crippen molar-refractivity contribution in [3.63, 3.8) is 0 Å². The van der Waals surface area contributed by atoms with E-state index in [4.69, 9.17) is 11.6 Å². The van der Waals surface area contributed by atoms with Crippen molar-refractivity contribution in [2.24, 2.45) is 0 Å². The number of carbonyl (C=O) groups is 1. The number of benzene rings is 2. The van der Waals surface area contributed by atoms with Gasteiger partial charge in [0.05, 0.1) is 11.7 Å². The number of hydrogen-bond donors (Lipinski definition) is 3. The molecule has 0 spiro atoms. The van der Waals surface area contributed by atoms with Gasteiger partial charge in [-0.1, -0.05) is 54.1 Å². The number of hydrogen-bond acceptors (Lipinski definition) is 3. The van der Waals surface area contributed by atoms with Crippen molar-refractivity contribution in [2.45, 2.75) is 13.0 Å². The van der Waals surface area contributed by atoms with Gasteiger partial charge in [-0.05, 0) is 42.3 Å². The Morgan fingerprint density at radius 3 is 2.56 bits per heavy atom. The largest absolute Gasteiger partial charge is 0.357 e. The number of carbonyl (C=O) groups excluding carboxylic acids is 1. The minimum Gasteiger partial charge on any atom is -0.357 e. The number of amides is 1. The fraction of sp³-hybridized carbons (Fsp3) is 0.0800. The highest BCUT2D eigenvalue weighted by atomic mass is 35.5. The normalized spacial score (nSPS) is 12.1. The van der Waals surface area contributed by atoms with E-state index in [1.54, 1.807) is 6.20 Å². The molecule has 0 saturated heterocycles. The number of halogens is 1. The third kappa shape index (κ3) is 3.88. The molecule has 158 valence electrons. The second kappa shape index (κ2) is 8.32. The standard InChI is InChI=1S/C25H20ClN5O/c1-15(16-7-9-20(26)10-8-16)29-25(32)22-12-19(14-27-22)23-21-11-18(13-28-24(21)31-30-23)17-5-3-2-4-6-17/h2-15,27H,1H3,(H,29,32)(H,28,30,31). The summed E-state index contributed by atoms with van der Waals surface area (Å²) >= 11 is 5.95. The van der Waals surface area contributed by atoms with Gasteiger partial charge in [0.1, 0.15) is 5.69 Å². The number of fused-ring (bicyclic) bond motifs is 1. The third-order valence-electron chi connectivity index (χ3n) is 5.45. The summed E-state index contributed by atoms with van der Waals surface area (Å²) in [6, 6.07) is 21.2. The van der Waals surface area contributed by atoms with Crippen molar-refractivity contribution in [1.82, 2.24) is 25.5 Å². The maximum absolute atomic E-state index is 12.8. The highest BCUT2D eigenvalue weighted by Crippen LogP contribution is 2.29. The Bertz CT molecular complexity index is 1390. The number of nitrogens with one attached hydrogen (secondary N) is 3. The van der Waals surface area contributed by atoms with E-state index >= 15 is 0 Å². The van der Waals surface area contributed by atoms with E-state index in [9.17, 15) is 4.79 Å². The lowest BCUT2D eigenvalue weighted by Crippen LogP contribution is -2.26. The molecule has 0 saturated carbocycles. The highest BCUT2D eigenvalue weighted by Gasteiger charge is 2.16. The first kappa shape index (κ1) is 20.0. The van der Waals surface area contributed by atoms with Crippen molar-refractivity contribution >= 4 is 28.5 Å². The predicted molar refractivity (Wildman–Crippen MR) is 126 cm³/mol. The molecule has 3 aromatic heterocycles. The molecule has 6 nitrogen and oxygen atoms in total. The van der Waals surface area contributed by atoms with Gasteiger partial charge >= 0.3 is 0 Å². The molecular formula is C25H20ClN5O. The van der Waals surface area contributed by atoms with Crippen LogP contribution in [0.25, 0.3) is 33.4 Å². The molecule has 0 bridgehead atoms. The molecule has 7 heteroatoms. The van der Waals surface area contributed by atoms with Crippen LogP contribution in [0.3, 0.4) is 0 Å². The molecule has 32 heavy (non-hydrogen) atoms. The molecule has 0 aliphatic rings. The second-order valence-corrected chi connectivity index (χ2v) is 8.04. The van der Waals surface area contributed by atoms with Crippen molar-refractivity contribution in [3.05, 3.63) is 95.4 Å². The zero-order valence-corrected chi connectivity index (χ0v) is 18.0. The Morgan fingerprint density at radius 2 is 1.78 bits per heavy atom. The second-order valence-electron chi connectivity index (χ2n) is 7.61. The van der Waals surface area contributed by atoms with E-state index in [2.05, 4.69) is 31.5 Å². The summed E-state index contributed by atoms with van der Waals surface area (Å²) in [6.07, 6.45) is 3.61. The van der Waals surface area contributed by atoms with Gasteiger partial charge in [-0.2, -0.15) is 5.10 Å². The molecular weight excluding hydrogens is 422 g/mol. The number of aromatic nitrogens is 4. The van der Waals surface area contributed by atoms with Crippen LogP contribution in [-0.2, 0) is 0 Å². The number of rotatable bonds is 5. The lowest BCUT2D eigenvalue weighted by molar-refractivity contribution is 0.0935. The van der Waals surface area contributed by atoms with E-state index in [-0.39, 0.29) is 11.9 Å². The summed E-state index contributed by atoms with van der Waals surface area (Å²) in [6.45, 7) is 1.93. The van der Waals surface area contributed by atoms with Crippen molar-refractivity contribution in [3.8, 4) is 22.4 Å². The average molecular weight is 442 g/mol. The maximum Gasteiger partial charge on any atom is 0.268 e. The summed E-state index contributed by atoms with van der Waals surface area (Å²) in [5, 5.41) is 11.9. The van der Waals surface area contributed by atoms with Gasteiger partial charge < -0.3 is 10.3 Å². The van der Waals surface area contributed by atoms with Crippen LogP contribution in [0.4, 0.5) is 0 Å². The van der Waals surface area contributed by atoms with E-state index in [0.29, 0.717) is 16.4 Å². The number of nitrogens with zero attached hydrogens (tertiary/aromatic N) is 2. The molecule has 1 atom stereocenters. The summed E-state index contributed by atoms with van der Waals surface area (Å²) < 4.78 is 0. The van der Waals surface area contributed by atoms with Crippen LogP contribution in [-0.4, -0.2) is 26.1 Å². The molecule has 0 fully saturated rings. The number of H-pyrrole nitrogens is 2. The first-order valence-corrected chi connectivity index (χ1v) is 10.6. The lowest BCUT2D eigenvalue weighted by Gasteiger charge is -2.13. The summed E-state index contributed by atoms with van der Waals surface area (Å²) in [5.74, 6) is -0.189. The molecule has 5 aromatic rings. The highest BCUT2D eigenvalue weighted by molar-refractivity contribution is 6.30. The zero-order valence-electron chi connectivity index (χ0n) is 17.3. The lowest BCUT2D eigenvalue weighted by atomic mass is 10.1. The molecule has 2 aromatic carbocycles. The van der Waals surface area contributed by atoms with Gasteiger partial charge in [-0.3, -0.25) is 9.89 Å². The molecule has 0 aliphatic carbocycles. The molecule has 0 radical (unpaired) electrons. The van der Waals surface area contributed by atoms with Gasteiger partial charge in [0.25, 0.3) is 5.91 Å². The summed E-state index contributed by atoms with van der Waals surface area (Å²) in [5.41, 5.74) is 5.81. The van der Waals surface area contributed by atoms with Crippen molar-refractivity contribution in [1.29, 1.82) is 0 Å². The summed E-state index contributed by atoms with van der Waals surface area (Å²) in [4.78, 5) is 20.3. The molecule has 5 rings (SSSR count). The van der Waals surface area contributed by atoms with E-state index in [0.717, 1.165) is 33.3 Å². The van der Waals surface area contributed by atoms with Crippen LogP contribution in [0.2, 0.25) is 5.02 Å². The molecule has 0 aliphatic heterocycles. The fourth-order valence-electron chi connectivity index (χ4n) is 3.69.